The molecule has 0 radical (unpaired) electrons. The van der Waals surface area contributed by atoms with Crippen molar-refractivity contribution >= 4 is 10.8 Å². The number of unbranched alkanes of at least 4 members (excludes halogenated alkanes) is 3. The first-order valence-corrected chi connectivity index (χ1v) is 10.6. The Kier molecular flexibility index (Phi) is 7.73. The van der Waals surface area contributed by atoms with Gasteiger partial charge in [-0.05, 0) is 79.3 Å². The first kappa shape index (κ1) is 21.0. The molecule has 3 aromatic carbocycles. The molecule has 0 heterocycles. The Balaban J connectivity index is 1.67. The molecule has 0 fully saturated rings. The van der Waals surface area contributed by atoms with E-state index in [4.69, 9.17) is 9.84 Å². The Labute approximate surface area is 174 Å². The van der Waals surface area contributed by atoms with Gasteiger partial charge in [-0.25, -0.2) is 0 Å². The van der Waals surface area contributed by atoms with Crippen LogP contribution in [0.3, 0.4) is 0 Å². The predicted molar refractivity (Wildman–Crippen MR) is 122 cm³/mol. The fourth-order valence-electron chi connectivity index (χ4n) is 3.43. The summed E-state index contributed by atoms with van der Waals surface area (Å²) in [5.41, 5.74) is 4.72. The molecular formula is C27H30O2. The van der Waals surface area contributed by atoms with Crippen molar-refractivity contribution in [1.29, 1.82) is 0 Å². The number of fused-ring (bicyclic) bond motifs is 1. The van der Waals surface area contributed by atoms with E-state index >= 15 is 0 Å². The van der Waals surface area contributed by atoms with E-state index in [0.29, 0.717) is 0 Å². The van der Waals surface area contributed by atoms with Crippen LogP contribution in [0, 0.1) is 18.8 Å². The second-order valence-electron chi connectivity index (χ2n) is 7.47. The van der Waals surface area contributed by atoms with Gasteiger partial charge in [-0.1, -0.05) is 55.0 Å². The minimum Gasteiger partial charge on any atom is -0.494 e. The molecule has 0 amide bonds. The fraction of sp³-hybridized carbons (Fsp3) is 0.333. The molecule has 0 spiro atoms. The Morgan fingerprint density at radius 3 is 2.45 bits per heavy atom. The van der Waals surface area contributed by atoms with Gasteiger partial charge >= 0.3 is 0 Å². The van der Waals surface area contributed by atoms with Crippen molar-refractivity contribution in [3.8, 4) is 17.6 Å². The molecule has 150 valence electrons. The normalized spacial score (nSPS) is 10.6. The molecule has 0 saturated heterocycles. The van der Waals surface area contributed by atoms with Gasteiger partial charge in [0.2, 0.25) is 0 Å². The summed E-state index contributed by atoms with van der Waals surface area (Å²) in [6.45, 7) is 5.29. The Bertz CT molecular complexity index is 1010. The quantitative estimate of drug-likeness (QED) is 0.378. The minimum absolute atomic E-state index is 0.280. The molecule has 3 aromatic rings. The lowest BCUT2D eigenvalue weighted by atomic mass is 10.0. The number of hydrogen-bond acceptors (Lipinski definition) is 2. The van der Waals surface area contributed by atoms with Crippen molar-refractivity contribution in [1.82, 2.24) is 0 Å². The summed E-state index contributed by atoms with van der Waals surface area (Å²) in [4.78, 5) is 0. The van der Waals surface area contributed by atoms with E-state index in [1.165, 1.54) is 16.5 Å². The van der Waals surface area contributed by atoms with Gasteiger partial charge < -0.3 is 9.84 Å². The van der Waals surface area contributed by atoms with Crippen LogP contribution in [0.5, 0.6) is 5.75 Å². The number of aliphatic hydroxyl groups is 1. The molecule has 2 heteroatoms. The summed E-state index contributed by atoms with van der Waals surface area (Å²) in [6, 6.07) is 19.0. The molecule has 0 aliphatic carbocycles. The summed E-state index contributed by atoms with van der Waals surface area (Å²) in [5, 5.41) is 11.1. The molecule has 0 aliphatic rings. The second kappa shape index (κ2) is 10.7. The standard InChI is InChI=1S/C27H30O2/c1-3-23-18-21(2)8-11-24(23)12-9-22-10-13-26-20-27(15-14-25(26)19-22)29-17-7-5-4-6-16-28/h8,10-11,13-15,18-20,28H,3-7,16-17H2,1-2H3. The molecule has 0 saturated carbocycles. The first-order valence-electron chi connectivity index (χ1n) is 10.6. The lowest BCUT2D eigenvalue weighted by molar-refractivity contribution is 0.273. The van der Waals surface area contributed by atoms with Crippen LogP contribution in [0.15, 0.2) is 54.6 Å². The third-order valence-corrected chi connectivity index (χ3v) is 5.12. The zero-order chi connectivity index (χ0) is 20.5. The van der Waals surface area contributed by atoms with Crippen LogP contribution in [0.1, 0.15) is 54.9 Å². The zero-order valence-corrected chi connectivity index (χ0v) is 17.5. The molecule has 0 atom stereocenters. The summed E-state index contributed by atoms with van der Waals surface area (Å²) in [6.07, 6.45) is 5.05. The van der Waals surface area contributed by atoms with E-state index in [9.17, 15) is 0 Å². The molecule has 3 rings (SSSR count). The highest BCUT2D eigenvalue weighted by molar-refractivity contribution is 5.85. The molecule has 0 aromatic heterocycles. The predicted octanol–water partition coefficient (Wildman–Crippen LogP) is 6.04. The van der Waals surface area contributed by atoms with Crippen LogP contribution in [-0.4, -0.2) is 18.3 Å². The van der Waals surface area contributed by atoms with Crippen LogP contribution in [-0.2, 0) is 6.42 Å². The SMILES string of the molecule is CCc1cc(C)ccc1C#Cc1ccc2cc(OCCCCCCO)ccc2c1. The highest BCUT2D eigenvalue weighted by Gasteiger charge is 2.01. The highest BCUT2D eigenvalue weighted by atomic mass is 16.5. The first-order chi connectivity index (χ1) is 14.2. The van der Waals surface area contributed by atoms with E-state index in [1.807, 2.05) is 6.07 Å². The average Bonchev–Trinajstić information content (AvgIpc) is 2.75. The summed E-state index contributed by atoms with van der Waals surface area (Å²) in [7, 11) is 0. The van der Waals surface area contributed by atoms with Gasteiger partial charge in [-0.15, -0.1) is 0 Å². The monoisotopic (exact) mass is 386 g/mol. The largest absolute Gasteiger partial charge is 0.494 e. The zero-order valence-electron chi connectivity index (χ0n) is 17.5. The molecular weight excluding hydrogens is 356 g/mol. The number of ether oxygens (including phenoxy) is 1. The Morgan fingerprint density at radius 2 is 1.62 bits per heavy atom. The summed E-state index contributed by atoms with van der Waals surface area (Å²) >= 11 is 0. The van der Waals surface area contributed by atoms with Gasteiger partial charge in [0.25, 0.3) is 0 Å². The van der Waals surface area contributed by atoms with Gasteiger partial charge in [-0.2, -0.15) is 0 Å². The van der Waals surface area contributed by atoms with Gasteiger partial charge in [0.15, 0.2) is 0 Å². The molecule has 29 heavy (non-hydrogen) atoms. The van der Waals surface area contributed by atoms with Crippen LogP contribution >= 0.6 is 0 Å². The highest BCUT2D eigenvalue weighted by Crippen LogP contribution is 2.22. The number of rotatable bonds is 8. The number of hydrogen-bond donors (Lipinski definition) is 1. The number of benzene rings is 3. The third kappa shape index (κ3) is 6.11. The second-order valence-corrected chi connectivity index (χ2v) is 7.47. The van der Waals surface area contributed by atoms with Crippen LogP contribution in [0.2, 0.25) is 0 Å². The molecule has 0 aliphatic heterocycles. The third-order valence-electron chi connectivity index (χ3n) is 5.12. The van der Waals surface area contributed by atoms with E-state index in [0.717, 1.165) is 61.0 Å². The number of aryl methyl sites for hydroxylation is 2. The average molecular weight is 387 g/mol. The maximum absolute atomic E-state index is 8.81. The minimum atomic E-state index is 0.280. The van der Waals surface area contributed by atoms with Crippen molar-refractivity contribution < 1.29 is 9.84 Å². The van der Waals surface area contributed by atoms with Gasteiger partial charge in [0, 0.05) is 17.7 Å². The van der Waals surface area contributed by atoms with Crippen molar-refractivity contribution in [3.05, 3.63) is 76.9 Å². The molecule has 2 nitrogen and oxygen atoms in total. The van der Waals surface area contributed by atoms with Crippen molar-refractivity contribution in [2.75, 3.05) is 13.2 Å². The fourth-order valence-corrected chi connectivity index (χ4v) is 3.43. The Morgan fingerprint density at radius 1 is 0.828 bits per heavy atom. The van der Waals surface area contributed by atoms with Crippen molar-refractivity contribution in [2.45, 2.75) is 46.0 Å². The maximum Gasteiger partial charge on any atom is 0.119 e. The molecule has 0 bridgehead atoms. The van der Waals surface area contributed by atoms with Crippen molar-refractivity contribution in [3.63, 3.8) is 0 Å². The van der Waals surface area contributed by atoms with Crippen LogP contribution in [0.4, 0.5) is 0 Å². The summed E-state index contributed by atoms with van der Waals surface area (Å²) < 4.78 is 5.87. The van der Waals surface area contributed by atoms with E-state index in [1.54, 1.807) is 0 Å². The van der Waals surface area contributed by atoms with Crippen LogP contribution < -0.4 is 4.74 Å². The van der Waals surface area contributed by atoms with Crippen LogP contribution in [0.25, 0.3) is 10.8 Å². The van der Waals surface area contributed by atoms with E-state index < -0.39 is 0 Å². The number of aliphatic hydroxyl groups excluding tert-OH is 1. The maximum atomic E-state index is 8.81. The van der Waals surface area contributed by atoms with Crippen molar-refractivity contribution in [2.24, 2.45) is 0 Å². The Hall–Kier alpha value is -2.76. The summed E-state index contributed by atoms with van der Waals surface area (Å²) in [5.74, 6) is 7.57. The smallest absolute Gasteiger partial charge is 0.119 e. The topological polar surface area (TPSA) is 29.5 Å². The molecule has 1 N–H and O–H groups in total. The van der Waals surface area contributed by atoms with E-state index in [2.05, 4.69) is 74.2 Å². The lowest BCUT2D eigenvalue weighted by Crippen LogP contribution is -1.97. The van der Waals surface area contributed by atoms with Gasteiger partial charge in [0.1, 0.15) is 5.75 Å². The van der Waals surface area contributed by atoms with E-state index in [-0.39, 0.29) is 6.61 Å². The van der Waals surface area contributed by atoms with Gasteiger partial charge in [-0.3, -0.25) is 0 Å². The molecule has 0 unspecified atom stereocenters. The lowest BCUT2D eigenvalue weighted by Gasteiger charge is -2.07. The van der Waals surface area contributed by atoms with Gasteiger partial charge in [0.05, 0.1) is 6.61 Å².